The molecule has 0 aliphatic carbocycles. The van der Waals surface area contributed by atoms with Crippen LogP contribution >= 0.6 is 11.8 Å². The molecular weight excluding hydrogens is 367 g/mol. The van der Waals surface area contributed by atoms with Crippen LogP contribution in [0.1, 0.15) is 12.0 Å². The van der Waals surface area contributed by atoms with E-state index in [9.17, 15) is 14.0 Å². The van der Waals surface area contributed by atoms with Crippen LogP contribution in [0.2, 0.25) is 0 Å². The number of halogens is 1. The predicted molar refractivity (Wildman–Crippen MR) is 102 cm³/mol. The zero-order valence-electron chi connectivity index (χ0n) is 14.3. The second-order valence-corrected chi connectivity index (χ2v) is 7.09. The molecule has 1 heterocycles. The Balaban J connectivity index is 1.46. The molecule has 138 valence electrons. The first kappa shape index (κ1) is 18.7. The Kier molecular flexibility index (Phi) is 5.94. The van der Waals surface area contributed by atoms with Crippen LogP contribution in [-0.2, 0) is 9.59 Å². The van der Waals surface area contributed by atoms with E-state index in [1.54, 1.807) is 6.07 Å². The quantitative estimate of drug-likeness (QED) is 0.666. The van der Waals surface area contributed by atoms with E-state index < -0.39 is 11.1 Å². The Hall–Kier alpha value is -3.05. The molecule has 1 atom stereocenters. The van der Waals surface area contributed by atoms with Gasteiger partial charge in [-0.15, -0.1) is 11.8 Å². The van der Waals surface area contributed by atoms with Crippen LogP contribution in [-0.4, -0.2) is 30.2 Å². The molecule has 0 saturated heterocycles. The molecule has 0 fully saturated rings. The monoisotopic (exact) mass is 384 g/mol. The zero-order valence-corrected chi connectivity index (χ0v) is 15.1. The van der Waals surface area contributed by atoms with Crippen molar-refractivity contribution in [1.82, 2.24) is 5.32 Å². The molecule has 0 bridgehead atoms. The summed E-state index contributed by atoms with van der Waals surface area (Å²) in [4.78, 5) is 25.2. The van der Waals surface area contributed by atoms with Crippen LogP contribution in [0.3, 0.4) is 0 Å². The summed E-state index contributed by atoms with van der Waals surface area (Å²) in [5.41, 5.74) is 1.08. The van der Waals surface area contributed by atoms with E-state index in [0.717, 1.165) is 10.6 Å². The number of nitrogens with zero attached hydrogens (tertiary/aromatic N) is 1. The fraction of sp³-hybridized carbons (Fsp3) is 0.211. The van der Waals surface area contributed by atoms with Crippen molar-refractivity contribution in [3.8, 4) is 6.07 Å². The van der Waals surface area contributed by atoms with Gasteiger partial charge < -0.3 is 16.0 Å². The lowest BCUT2D eigenvalue weighted by Gasteiger charge is -2.23. The minimum absolute atomic E-state index is 0.0576. The number of carbonyl (C=O) groups excluding carboxylic acids is 2. The number of nitriles is 1. The number of hydrogen-bond acceptors (Lipinski definition) is 5. The molecule has 0 radical (unpaired) electrons. The van der Waals surface area contributed by atoms with E-state index in [-0.39, 0.29) is 30.3 Å². The van der Waals surface area contributed by atoms with E-state index >= 15 is 0 Å². The third-order valence-corrected chi connectivity index (χ3v) is 5.24. The molecule has 3 N–H and O–H groups in total. The standard InChI is InChI=1S/C19H17FN4O2S/c20-13-4-3-6-14(12(13)11-21)22-8-9-23-18(25)10-17-19(26)24-15-5-1-2-7-16(15)27-17/h1-7,17,22H,8-10H2,(H,23,25)(H,24,26). The van der Waals surface area contributed by atoms with Crippen LogP contribution in [0.4, 0.5) is 15.8 Å². The second kappa shape index (κ2) is 8.56. The Morgan fingerprint density at radius 1 is 1.22 bits per heavy atom. The number of amides is 2. The third-order valence-electron chi connectivity index (χ3n) is 3.97. The molecular formula is C19H17FN4O2S. The number of para-hydroxylation sites is 1. The molecule has 0 spiro atoms. The summed E-state index contributed by atoms with van der Waals surface area (Å²) < 4.78 is 13.5. The molecule has 1 aliphatic heterocycles. The van der Waals surface area contributed by atoms with Gasteiger partial charge in [0.1, 0.15) is 17.4 Å². The molecule has 2 aromatic rings. The van der Waals surface area contributed by atoms with E-state index in [1.165, 1.54) is 23.9 Å². The smallest absolute Gasteiger partial charge is 0.238 e. The highest BCUT2D eigenvalue weighted by Gasteiger charge is 2.28. The molecule has 6 nitrogen and oxygen atoms in total. The number of hydrogen-bond donors (Lipinski definition) is 3. The molecule has 2 amide bonds. The lowest BCUT2D eigenvalue weighted by atomic mass is 10.2. The van der Waals surface area contributed by atoms with E-state index in [2.05, 4.69) is 16.0 Å². The number of benzene rings is 2. The lowest BCUT2D eigenvalue weighted by Crippen LogP contribution is -2.36. The highest BCUT2D eigenvalue weighted by molar-refractivity contribution is 8.01. The molecule has 1 unspecified atom stereocenters. The summed E-state index contributed by atoms with van der Waals surface area (Å²) in [6.45, 7) is 0.618. The van der Waals surface area contributed by atoms with Gasteiger partial charge in [0.05, 0.1) is 16.6 Å². The van der Waals surface area contributed by atoms with Crippen molar-refractivity contribution >= 4 is 35.0 Å². The summed E-state index contributed by atoms with van der Waals surface area (Å²) in [7, 11) is 0. The fourth-order valence-electron chi connectivity index (χ4n) is 2.65. The van der Waals surface area contributed by atoms with Crippen molar-refractivity contribution in [2.75, 3.05) is 23.7 Å². The van der Waals surface area contributed by atoms with Crippen LogP contribution in [0, 0.1) is 17.1 Å². The SMILES string of the molecule is N#Cc1c(F)cccc1NCCNC(=O)CC1Sc2ccccc2NC1=O. The summed E-state index contributed by atoms with van der Waals surface area (Å²) in [6.07, 6.45) is 0.0637. The first-order valence-corrected chi connectivity index (χ1v) is 9.22. The molecule has 3 rings (SSSR count). The van der Waals surface area contributed by atoms with Gasteiger partial charge in [0.25, 0.3) is 0 Å². The highest BCUT2D eigenvalue weighted by Crippen LogP contribution is 2.36. The molecule has 8 heteroatoms. The maximum atomic E-state index is 13.5. The molecule has 1 aliphatic rings. The fourth-order valence-corrected chi connectivity index (χ4v) is 3.76. The lowest BCUT2D eigenvalue weighted by molar-refractivity contribution is -0.124. The third kappa shape index (κ3) is 4.57. The average Bonchev–Trinajstić information content (AvgIpc) is 2.66. The molecule has 27 heavy (non-hydrogen) atoms. The van der Waals surface area contributed by atoms with Gasteiger partial charge in [-0.25, -0.2) is 4.39 Å². The predicted octanol–water partition coefficient (Wildman–Crippen LogP) is 2.73. The largest absolute Gasteiger partial charge is 0.382 e. The van der Waals surface area contributed by atoms with Gasteiger partial charge in [0, 0.05) is 24.4 Å². The number of carbonyl (C=O) groups is 2. The highest BCUT2D eigenvalue weighted by atomic mass is 32.2. The van der Waals surface area contributed by atoms with Gasteiger partial charge in [0.2, 0.25) is 11.8 Å². The Morgan fingerprint density at radius 3 is 2.85 bits per heavy atom. The van der Waals surface area contributed by atoms with Gasteiger partial charge in [-0.2, -0.15) is 5.26 Å². The van der Waals surface area contributed by atoms with Crippen molar-refractivity contribution in [3.63, 3.8) is 0 Å². The maximum Gasteiger partial charge on any atom is 0.238 e. The normalized spacial score (nSPS) is 15.3. The Labute approximate surface area is 160 Å². The number of nitrogens with one attached hydrogen (secondary N) is 3. The average molecular weight is 384 g/mol. The Morgan fingerprint density at radius 2 is 2.04 bits per heavy atom. The van der Waals surface area contributed by atoms with Crippen LogP contribution in [0.25, 0.3) is 0 Å². The van der Waals surface area contributed by atoms with Gasteiger partial charge in [0.15, 0.2) is 0 Å². The van der Waals surface area contributed by atoms with Gasteiger partial charge in [-0.3, -0.25) is 9.59 Å². The van der Waals surface area contributed by atoms with Gasteiger partial charge in [-0.05, 0) is 24.3 Å². The van der Waals surface area contributed by atoms with Crippen molar-refractivity contribution < 1.29 is 14.0 Å². The minimum atomic E-state index is -0.591. The summed E-state index contributed by atoms with van der Waals surface area (Å²) in [6, 6.07) is 13.6. The van der Waals surface area contributed by atoms with Gasteiger partial charge >= 0.3 is 0 Å². The Bertz CT molecular complexity index is 913. The molecule has 2 aromatic carbocycles. The van der Waals surface area contributed by atoms with Crippen molar-refractivity contribution in [2.45, 2.75) is 16.6 Å². The van der Waals surface area contributed by atoms with Crippen LogP contribution in [0.15, 0.2) is 47.4 Å². The van der Waals surface area contributed by atoms with E-state index in [4.69, 9.17) is 5.26 Å². The van der Waals surface area contributed by atoms with Crippen LogP contribution < -0.4 is 16.0 Å². The first-order valence-electron chi connectivity index (χ1n) is 8.34. The first-order chi connectivity index (χ1) is 13.1. The number of thioether (sulfide) groups is 1. The second-order valence-electron chi connectivity index (χ2n) is 5.85. The van der Waals surface area contributed by atoms with Crippen molar-refractivity contribution in [1.29, 1.82) is 5.26 Å². The number of fused-ring (bicyclic) bond motifs is 1. The maximum absolute atomic E-state index is 13.5. The summed E-state index contributed by atoms with van der Waals surface area (Å²) in [5, 5.41) is 16.9. The summed E-state index contributed by atoms with van der Waals surface area (Å²) in [5.74, 6) is -1.03. The van der Waals surface area contributed by atoms with E-state index in [1.807, 2.05) is 30.3 Å². The number of rotatable bonds is 6. The topological polar surface area (TPSA) is 94.0 Å². The molecule has 0 saturated carbocycles. The number of anilines is 2. The van der Waals surface area contributed by atoms with Crippen LogP contribution in [0.5, 0.6) is 0 Å². The molecule has 0 aromatic heterocycles. The minimum Gasteiger partial charge on any atom is -0.382 e. The van der Waals surface area contributed by atoms with Crippen molar-refractivity contribution in [3.05, 3.63) is 53.8 Å². The van der Waals surface area contributed by atoms with Gasteiger partial charge in [-0.1, -0.05) is 18.2 Å². The summed E-state index contributed by atoms with van der Waals surface area (Å²) >= 11 is 1.37. The zero-order chi connectivity index (χ0) is 19.2. The van der Waals surface area contributed by atoms with E-state index in [0.29, 0.717) is 12.2 Å². The van der Waals surface area contributed by atoms with Crippen molar-refractivity contribution in [2.24, 2.45) is 0 Å².